The molecule has 0 bridgehead atoms. The molecule has 0 aromatic heterocycles. The Labute approximate surface area is 118 Å². The van der Waals surface area contributed by atoms with Crippen molar-refractivity contribution >= 4 is 5.91 Å². The minimum absolute atomic E-state index is 0.0506. The van der Waals surface area contributed by atoms with Crippen molar-refractivity contribution in [2.45, 2.75) is 38.3 Å². The van der Waals surface area contributed by atoms with Crippen LogP contribution in [0.15, 0.2) is 24.3 Å². The Morgan fingerprint density at radius 3 is 2.85 bits per heavy atom. The van der Waals surface area contributed by atoms with Crippen molar-refractivity contribution in [1.29, 1.82) is 0 Å². The van der Waals surface area contributed by atoms with Crippen LogP contribution in [0, 0.1) is 17.7 Å². The molecule has 1 saturated heterocycles. The topological polar surface area (TPSA) is 41.1 Å². The molecule has 3 nitrogen and oxygen atoms in total. The molecular formula is C16H21FN2O. The third-order valence-corrected chi connectivity index (χ3v) is 4.76. The number of carbonyl (C=O) groups is 1. The molecule has 108 valence electrons. The van der Waals surface area contributed by atoms with Gasteiger partial charge in [0.15, 0.2) is 0 Å². The molecule has 2 N–H and O–H groups in total. The van der Waals surface area contributed by atoms with Gasteiger partial charge in [-0.25, -0.2) is 4.39 Å². The van der Waals surface area contributed by atoms with Crippen molar-refractivity contribution in [2.24, 2.45) is 11.8 Å². The summed E-state index contributed by atoms with van der Waals surface area (Å²) in [5.41, 5.74) is 0.931. The number of hydrogen-bond donors (Lipinski definition) is 2. The number of halogens is 1. The number of fused-ring (bicyclic) bond motifs is 1. The average Bonchev–Trinajstić information content (AvgIpc) is 3.01. The van der Waals surface area contributed by atoms with Crippen LogP contribution in [0.2, 0.25) is 0 Å². The van der Waals surface area contributed by atoms with Crippen LogP contribution in [0.25, 0.3) is 0 Å². The SMILES string of the molecule is C[C@H](NC(=O)C1NCC2CCCC21)c1ccc(F)cc1. The van der Waals surface area contributed by atoms with Gasteiger partial charge >= 0.3 is 0 Å². The fraction of sp³-hybridized carbons (Fsp3) is 0.562. The van der Waals surface area contributed by atoms with Crippen LogP contribution in [0.4, 0.5) is 4.39 Å². The number of carbonyl (C=O) groups excluding carboxylic acids is 1. The first-order chi connectivity index (χ1) is 9.65. The fourth-order valence-electron chi connectivity index (χ4n) is 3.61. The lowest BCUT2D eigenvalue weighted by molar-refractivity contribution is -0.124. The van der Waals surface area contributed by atoms with Gasteiger partial charge in [-0.1, -0.05) is 18.6 Å². The van der Waals surface area contributed by atoms with Crippen LogP contribution >= 0.6 is 0 Å². The maximum Gasteiger partial charge on any atom is 0.237 e. The molecule has 2 aliphatic rings. The zero-order valence-electron chi connectivity index (χ0n) is 11.7. The van der Waals surface area contributed by atoms with Gasteiger partial charge in [0, 0.05) is 0 Å². The largest absolute Gasteiger partial charge is 0.348 e. The summed E-state index contributed by atoms with van der Waals surface area (Å²) in [6, 6.07) is 6.16. The number of benzene rings is 1. The maximum atomic E-state index is 12.9. The van der Waals surface area contributed by atoms with Crippen LogP contribution in [0.1, 0.15) is 37.8 Å². The van der Waals surface area contributed by atoms with E-state index in [1.165, 1.54) is 25.0 Å². The molecule has 1 aromatic rings. The predicted octanol–water partition coefficient (Wildman–Crippen LogP) is 2.39. The molecule has 1 aliphatic carbocycles. The second-order valence-electron chi connectivity index (χ2n) is 6.02. The monoisotopic (exact) mass is 276 g/mol. The highest BCUT2D eigenvalue weighted by Crippen LogP contribution is 2.37. The molecule has 1 aliphatic heterocycles. The zero-order chi connectivity index (χ0) is 14.1. The molecule has 3 rings (SSSR count). The third-order valence-electron chi connectivity index (χ3n) is 4.76. The summed E-state index contributed by atoms with van der Waals surface area (Å²) in [4.78, 5) is 12.4. The second-order valence-corrected chi connectivity index (χ2v) is 6.02. The van der Waals surface area contributed by atoms with Crippen molar-refractivity contribution in [3.05, 3.63) is 35.6 Å². The summed E-state index contributed by atoms with van der Waals surface area (Å²) in [5.74, 6) is 0.997. The molecule has 3 unspecified atom stereocenters. The summed E-state index contributed by atoms with van der Waals surface area (Å²) < 4.78 is 12.9. The minimum atomic E-state index is -0.251. The van der Waals surface area contributed by atoms with Crippen LogP contribution in [0.3, 0.4) is 0 Å². The molecule has 1 heterocycles. The highest BCUT2D eigenvalue weighted by atomic mass is 19.1. The van der Waals surface area contributed by atoms with Crippen molar-refractivity contribution in [1.82, 2.24) is 10.6 Å². The van der Waals surface area contributed by atoms with Crippen LogP contribution in [-0.4, -0.2) is 18.5 Å². The molecule has 2 fully saturated rings. The van der Waals surface area contributed by atoms with E-state index in [9.17, 15) is 9.18 Å². The second kappa shape index (κ2) is 5.52. The number of nitrogens with one attached hydrogen (secondary N) is 2. The first kappa shape index (κ1) is 13.6. The smallest absolute Gasteiger partial charge is 0.237 e. The van der Waals surface area contributed by atoms with Crippen molar-refractivity contribution in [3.8, 4) is 0 Å². The quantitative estimate of drug-likeness (QED) is 0.890. The number of amides is 1. The van der Waals surface area contributed by atoms with Gasteiger partial charge in [-0.3, -0.25) is 4.79 Å². The Morgan fingerprint density at radius 1 is 1.35 bits per heavy atom. The molecule has 1 amide bonds. The van der Waals surface area contributed by atoms with E-state index in [4.69, 9.17) is 0 Å². The van der Waals surface area contributed by atoms with E-state index in [1.54, 1.807) is 12.1 Å². The van der Waals surface area contributed by atoms with Crippen LogP contribution < -0.4 is 10.6 Å². The minimum Gasteiger partial charge on any atom is -0.348 e. The molecular weight excluding hydrogens is 255 g/mol. The lowest BCUT2D eigenvalue weighted by atomic mass is 9.93. The molecule has 20 heavy (non-hydrogen) atoms. The van der Waals surface area contributed by atoms with E-state index in [-0.39, 0.29) is 23.8 Å². The molecule has 0 radical (unpaired) electrons. The molecule has 1 saturated carbocycles. The van der Waals surface area contributed by atoms with E-state index < -0.39 is 0 Å². The van der Waals surface area contributed by atoms with Crippen molar-refractivity contribution in [3.63, 3.8) is 0 Å². The lowest BCUT2D eigenvalue weighted by Crippen LogP contribution is -2.44. The molecule has 4 heteroatoms. The van der Waals surface area contributed by atoms with E-state index in [0.717, 1.165) is 18.5 Å². The lowest BCUT2D eigenvalue weighted by Gasteiger charge is -2.21. The van der Waals surface area contributed by atoms with Gasteiger partial charge < -0.3 is 10.6 Å². The predicted molar refractivity (Wildman–Crippen MR) is 75.6 cm³/mol. The Morgan fingerprint density at radius 2 is 2.10 bits per heavy atom. The Balaban J connectivity index is 1.62. The fourth-order valence-corrected chi connectivity index (χ4v) is 3.61. The molecule has 0 spiro atoms. The molecule has 4 atom stereocenters. The van der Waals surface area contributed by atoms with Crippen molar-refractivity contribution in [2.75, 3.05) is 6.54 Å². The van der Waals surface area contributed by atoms with Gasteiger partial charge in [-0.2, -0.15) is 0 Å². The summed E-state index contributed by atoms with van der Waals surface area (Å²) >= 11 is 0. The van der Waals surface area contributed by atoms with Gasteiger partial charge in [0.25, 0.3) is 0 Å². The normalized spacial score (nSPS) is 30.0. The standard InChI is InChI=1S/C16H21FN2O/c1-10(11-5-7-13(17)8-6-11)19-16(20)15-14-4-2-3-12(14)9-18-15/h5-8,10,12,14-15,18H,2-4,9H2,1H3,(H,19,20)/t10-,12?,14?,15?/m0/s1. The third kappa shape index (κ3) is 2.57. The van der Waals surface area contributed by atoms with Crippen LogP contribution in [-0.2, 0) is 4.79 Å². The van der Waals surface area contributed by atoms with Crippen molar-refractivity contribution < 1.29 is 9.18 Å². The van der Waals surface area contributed by atoms with Gasteiger partial charge in [0.1, 0.15) is 5.82 Å². The zero-order valence-corrected chi connectivity index (χ0v) is 11.7. The highest BCUT2D eigenvalue weighted by molar-refractivity contribution is 5.83. The summed E-state index contributed by atoms with van der Waals surface area (Å²) in [5, 5.41) is 6.40. The number of rotatable bonds is 3. The summed E-state index contributed by atoms with van der Waals surface area (Å²) in [6.07, 6.45) is 3.64. The van der Waals surface area contributed by atoms with E-state index in [0.29, 0.717) is 11.8 Å². The van der Waals surface area contributed by atoms with E-state index >= 15 is 0 Å². The number of hydrogen-bond acceptors (Lipinski definition) is 2. The summed E-state index contributed by atoms with van der Waals surface area (Å²) in [6.45, 7) is 2.90. The van der Waals surface area contributed by atoms with Crippen LogP contribution in [0.5, 0.6) is 0 Å². The highest BCUT2D eigenvalue weighted by Gasteiger charge is 2.42. The Hall–Kier alpha value is -1.42. The van der Waals surface area contributed by atoms with E-state index in [2.05, 4.69) is 10.6 Å². The van der Waals surface area contributed by atoms with Gasteiger partial charge in [-0.15, -0.1) is 0 Å². The maximum absolute atomic E-state index is 12.9. The van der Waals surface area contributed by atoms with E-state index in [1.807, 2.05) is 6.92 Å². The summed E-state index contributed by atoms with van der Waals surface area (Å²) in [7, 11) is 0. The van der Waals surface area contributed by atoms with Gasteiger partial charge in [0.2, 0.25) is 5.91 Å². The first-order valence-electron chi connectivity index (χ1n) is 7.44. The Kier molecular flexibility index (Phi) is 3.74. The van der Waals surface area contributed by atoms with Gasteiger partial charge in [0.05, 0.1) is 12.1 Å². The van der Waals surface area contributed by atoms with Gasteiger partial charge in [-0.05, 0) is 55.8 Å². The average molecular weight is 276 g/mol. The first-order valence-corrected chi connectivity index (χ1v) is 7.44. The molecule has 1 aromatic carbocycles. The Bertz CT molecular complexity index is 488.